The molecule has 2 aromatic rings. The second kappa shape index (κ2) is 6.14. The number of nitrogens with zero attached hydrogens (tertiary/aromatic N) is 2. The highest BCUT2D eigenvalue weighted by atomic mass is 35.5. The number of fused-ring (bicyclic) bond motifs is 1. The van der Waals surface area contributed by atoms with Crippen LogP contribution < -0.4 is 0 Å². The van der Waals surface area contributed by atoms with Gasteiger partial charge >= 0.3 is 0 Å². The van der Waals surface area contributed by atoms with Gasteiger partial charge < -0.3 is 4.57 Å². The lowest BCUT2D eigenvalue weighted by Crippen LogP contribution is -2.08. The molecule has 1 heterocycles. The third-order valence-electron chi connectivity index (χ3n) is 3.28. The molecule has 1 aromatic carbocycles. The predicted octanol–water partition coefficient (Wildman–Crippen LogP) is 4.62. The van der Waals surface area contributed by atoms with Crippen LogP contribution in [0.3, 0.4) is 0 Å². The third-order valence-corrected chi connectivity index (χ3v) is 4.51. The number of alkyl halides is 1. The van der Waals surface area contributed by atoms with Crippen molar-refractivity contribution in [2.45, 2.75) is 37.4 Å². The molecular formula is C14H18ClFN2S. The van der Waals surface area contributed by atoms with Crippen molar-refractivity contribution in [3.8, 4) is 0 Å². The van der Waals surface area contributed by atoms with Crippen molar-refractivity contribution in [1.82, 2.24) is 9.55 Å². The van der Waals surface area contributed by atoms with E-state index in [2.05, 4.69) is 18.2 Å². The van der Waals surface area contributed by atoms with Gasteiger partial charge in [-0.15, -0.1) is 11.6 Å². The van der Waals surface area contributed by atoms with Crippen LogP contribution in [0, 0.1) is 5.82 Å². The number of benzene rings is 1. The Hall–Kier alpha value is -0.740. The minimum absolute atomic E-state index is 0.226. The van der Waals surface area contributed by atoms with Crippen LogP contribution in [-0.4, -0.2) is 21.1 Å². The van der Waals surface area contributed by atoms with E-state index in [0.717, 1.165) is 24.3 Å². The van der Waals surface area contributed by atoms with Crippen molar-refractivity contribution < 1.29 is 4.39 Å². The lowest BCUT2D eigenvalue weighted by molar-refractivity contribution is 0.623. The van der Waals surface area contributed by atoms with Crippen molar-refractivity contribution in [1.29, 1.82) is 0 Å². The Morgan fingerprint density at radius 2 is 2.16 bits per heavy atom. The zero-order valence-electron chi connectivity index (χ0n) is 11.4. The van der Waals surface area contributed by atoms with Gasteiger partial charge in [-0.3, -0.25) is 0 Å². The van der Waals surface area contributed by atoms with E-state index in [-0.39, 0.29) is 11.2 Å². The van der Waals surface area contributed by atoms with Crippen molar-refractivity contribution in [3.63, 3.8) is 0 Å². The fraction of sp³-hybridized carbons (Fsp3) is 0.500. The number of aryl methyl sites for hydroxylation is 1. The highest BCUT2D eigenvalue weighted by Gasteiger charge is 2.17. The summed E-state index contributed by atoms with van der Waals surface area (Å²) in [6.45, 7) is 4.87. The molecule has 0 aliphatic rings. The predicted molar refractivity (Wildman–Crippen MR) is 81.6 cm³/mol. The molecule has 19 heavy (non-hydrogen) atoms. The minimum Gasteiger partial charge on any atom is -0.327 e. The molecule has 2 atom stereocenters. The first-order chi connectivity index (χ1) is 9.04. The number of rotatable bonds is 5. The van der Waals surface area contributed by atoms with Gasteiger partial charge in [0.1, 0.15) is 11.3 Å². The summed E-state index contributed by atoms with van der Waals surface area (Å²) in [7, 11) is 0. The molecule has 2 nitrogen and oxygen atoms in total. The number of hydrogen-bond acceptors (Lipinski definition) is 2. The van der Waals surface area contributed by atoms with E-state index in [9.17, 15) is 4.39 Å². The van der Waals surface area contributed by atoms with Gasteiger partial charge in [0.05, 0.1) is 10.9 Å². The number of hydrogen-bond donors (Lipinski definition) is 0. The highest BCUT2D eigenvalue weighted by molar-refractivity contribution is 7.99. The van der Waals surface area contributed by atoms with Crippen molar-refractivity contribution >= 4 is 34.4 Å². The molecule has 2 unspecified atom stereocenters. The number of aromatic nitrogens is 2. The summed E-state index contributed by atoms with van der Waals surface area (Å²) in [6.07, 6.45) is 3.11. The van der Waals surface area contributed by atoms with E-state index >= 15 is 0 Å². The second-order valence-corrected chi connectivity index (χ2v) is 6.61. The molecule has 0 saturated heterocycles. The fourth-order valence-electron chi connectivity index (χ4n) is 2.10. The summed E-state index contributed by atoms with van der Waals surface area (Å²) in [6, 6.07) is 5.06. The van der Waals surface area contributed by atoms with E-state index in [1.807, 2.05) is 29.3 Å². The lowest BCUT2D eigenvalue weighted by atomic mass is 10.3. The summed E-state index contributed by atoms with van der Waals surface area (Å²) in [5.41, 5.74) is 1.25. The molecule has 0 N–H and O–H groups in total. The smallest absolute Gasteiger partial charge is 0.151 e. The van der Waals surface area contributed by atoms with Crippen molar-refractivity contribution in [3.05, 3.63) is 29.8 Å². The molecule has 1 aromatic heterocycles. The van der Waals surface area contributed by atoms with E-state index in [0.29, 0.717) is 10.8 Å². The highest BCUT2D eigenvalue weighted by Crippen LogP contribution is 2.27. The first kappa shape index (κ1) is 14.7. The summed E-state index contributed by atoms with van der Waals surface area (Å²) in [4.78, 5) is 4.36. The lowest BCUT2D eigenvalue weighted by Gasteiger charge is -2.13. The standard InChI is InChI=1S/C14H18ClFN2S/c1-9(19-3)7-8-18-12-6-4-5-11(16)13(12)17-14(18)10(2)15/h4-6,9-10H,7-8H2,1-3H3. The average molecular weight is 301 g/mol. The second-order valence-electron chi connectivity index (χ2n) is 4.68. The Kier molecular flexibility index (Phi) is 4.74. The topological polar surface area (TPSA) is 17.8 Å². The molecule has 0 bridgehead atoms. The van der Waals surface area contributed by atoms with Gasteiger partial charge in [0.15, 0.2) is 5.82 Å². The number of para-hydroxylation sites is 1. The summed E-state index contributed by atoms with van der Waals surface area (Å²) in [5, 5.41) is 0.334. The maximum atomic E-state index is 13.8. The van der Waals surface area contributed by atoms with Crippen LogP contribution in [0.5, 0.6) is 0 Å². The average Bonchev–Trinajstić information content (AvgIpc) is 2.76. The first-order valence-corrected chi connectivity index (χ1v) is 8.08. The molecule has 104 valence electrons. The third kappa shape index (κ3) is 3.06. The Morgan fingerprint density at radius 1 is 1.42 bits per heavy atom. The Bertz CT molecular complexity index is 568. The van der Waals surface area contributed by atoms with E-state index in [1.54, 1.807) is 6.07 Å². The Morgan fingerprint density at radius 3 is 2.79 bits per heavy atom. The maximum absolute atomic E-state index is 13.8. The molecule has 0 spiro atoms. The molecule has 0 fully saturated rings. The van der Waals surface area contributed by atoms with Gasteiger partial charge in [-0.2, -0.15) is 11.8 Å². The number of imidazole rings is 1. The summed E-state index contributed by atoms with van der Waals surface area (Å²) in [5.74, 6) is 0.461. The van der Waals surface area contributed by atoms with E-state index in [1.165, 1.54) is 6.07 Å². The van der Waals surface area contributed by atoms with Crippen LogP contribution >= 0.6 is 23.4 Å². The minimum atomic E-state index is -0.285. The molecule has 0 aliphatic carbocycles. The Balaban J connectivity index is 2.44. The molecule has 0 aliphatic heterocycles. The molecule has 5 heteroatoms. The van der Waals surface area contributed by atoms with Gasteiger partial charge in [0.25, 0.3) is 0 Å². The van der Waals surface area contributed by atoms with E-state index in [4.69, 9.17) is 11.6 Å². The van der Waals surface area contributed by atoms with Crippen LogP contribution in [-0.2, 0) is 6.54 Å². The normalized spacial score (nSPS) is 14.8. The van der Waals surface area contributed by atoms with Crippen LogP contribution in [0.25, 0.3) is 11.0 Å². The van der Waals surface area contributed by atoms with Crippen molar-refractivity contribution in [2.75, 3.05) is 6.26 Å². The summed E-state index contributed by atoms with van der Waals surface area (Å²) < 4.78 is 15.8. The van der Waals surface area contributed by atoms with Gasteiger partial charge in [0, 0.05) is 11.8 Å². The first-order valence-electron chi connectivity index (χ1n) is 6.36. The monoisotopic (exact) mass is 300 g/mol. The largest absolute Gasteiger partial charge is 0.327 e. The Labute approximate surface area is 122 Å². The molecule has 0 saturated carbocycles. The van der Waals surface area contributed by atoms with Gasteiger partial charge in [0.2, 0.25) is 0 Å². The quantitative estimate of drug-likeness (QED) is 0.750. The van der Waals surface area contributed by atoms with E-state index < -0.39 is 0 Å². The van der Waals surface area contributed by atoms with Gasteiger partial charge in [-0.1, -0.05) is 13.0 Å². The zero-order chi connectivity index (χ0) is 14.0. The van der Waals surface area contributed by atoms with Crippen LogP contribution in [0.2, 0.25) is 0 Å². The molecule has 2 rings (SSSR count). The molecular weight excluding hydrogens is 283 g/mol. The number of thioether (sulfide) groups is 1. The van der Waals surface area contributed by atoms with Crippen molar-refractivity contribution in [2.24, 2.45) is 0 Å². The van der Waals surface area contributed by atoms with Gasteiger partial charge in [-0.05, 0) is 31.7 Å². The fourth-order valence-corrected chi connectivity index (χ4v) is 2.61. The molecule has 0 amide bonds. The molecule has 0 radical (unpaired) electrons. The van der Waals surface area contributed by atoms with Crippen LogP contribution in [0.15, 0.2) is 18.2 Å². The van der Waals surface area contributed by atoms with Crippen LogP contribution in [0.4, 0.5) is 4.39 Å². The van der Waals surface area contributed by atoms with Gasteiger partial charge in [-0.25, -0.2) is 9.37 Å². The zero-order valence-corrected chi connectivity index (χ0v) is 12.9. The number of halogens is 2. The SMILES string of the molecule is CSC(C)CCn1c(C(C)Cl)nc2c(F)cccc21. The summed E-state index contributed by atoms with van der Waals surface area (Å²) >= 11 is 8.00. The van der Waals surface area contributed by atoms with Crippen LogP contribution in [0.1, 0.15) is 31.5 Å². The maximum Gasteiger partial charge on any atom is 0.151 e.